The lowest BCUT2D eigenvalue weighted by atomic mass is 10.2. The van der Waals surface area contributed by atoms with Crippen molar-refractivity contribution < 1.29 is 37.8 Å². The summed E-state index contributed by atoms with van der Waals surface area (Å²) in [6.45, 7) is 0. The predicted octanol–water partition coefficient (Wildman–Crippen LogP) is -0.321. The van der Waals surface area contributed by atoms with Crippen LogP contribution in [0, 0.1) is 0 Å². The highest BCUT2D eigenvalue weighted by atomic mass is 32.2. The largest absolute Gasteiger partial charge is 0.481 e. The summed E-state index contributed by atoms with van der Waals surface area (Å²) < 4.78 is 30.2. The van der Waals surface area contributed by atoms with Crippen LogP contribution in [0.15, 0.2) is 29.2 Å². The predicted molar refractivity (Wildman–Crippen MR) is 71.8 cm³/mol. The van der Waals surface area contributed by atoms with Crippen LogP contribution in [0.1, 0.15) is 16.8 Å². The van der Waals surface area contributed by atoms with Crippen LogP contribution in [0.5, 0.6) is 0 Å². The lowest BCUT2D eigenvalue weighted by Gasteiger charge is -2.13. The van der Waals surface area contributed by atoms with E-state index in [4.69, 9.17) is 10.2 Å². The Morgan fingerprint density at radius 1 is 1.18 bits per heavy atom. The molecule has 10 heteroatoms. The molecule has 0 saturated carbocycles. The number of methoxy groups -OCH3 is 1. The third-order valence-corrected chi connectivity index (χ3v) is 4.05. The van der Waals surface area contributed by atoms with Gasteiger partial charge in [0, 0.05) is 0 Å². The van der Waals surface area contributed by atoms with Crippen LogP contribution in [-0.4, -0.2) is 49.7 Å². The zero-order chi connectivity index (χ0) is 16.9. The van der Waals surface area contributed by atoms with E-state index >= 15 is 0 Å². The molecule has 120 valence electrons. The molecule has 1 atom stereocenters. The van der Waals surface area contributed by atoms with Crippen molar-refractivity contribution in [1.29, 1.82) is 0 Å². The first-order valence-corrected chi connectivity index (χ1v) is 7.31. The van der Waals surface area contributed by atoms with E-state index in [1.807, 2.05) is 0 Å². The number of nitrogens with one attached hydrogen (secondary N) is 1. The molecule has 22 heavy (non-hydrogen) atoms. The Morgan fingerprint density at radius 3 is 2.14 bits per heavy atom. The van der Waals surface area contributed by atoms with Gasteiger partial charge in [0.1, 0.15) is 6.04 Å². The van der Waals surface area contributed by atoms with E-state index in [0.717, 1.165) is 19.2 Å². The topological polar surface area (TPSA) is 147 Å². The Kier molecular flexibility index (Phi) is 5.60. The minimum absolute atomic E-state index is 0.113. The second kappa shape index (κ2) is 7.00. The first kappa shape index (κ1) is 17.6. The van der Waals surface area contributed by atoms with E-state index < -0.39 is 40.4 Å². The Balaban J connectivity index is 3.00. The highest BCUT2D eigenvalue weighted by molar-refractivity contribution is 7.89. The van der Waals surface area contributed by atoms with Crippen LogP contribution in [0.25, 0.3) is 0 Å². The van der Waals surface area contributed by atoms with Crippen molar-refractivity contribution >= 4 is 27.9 Å². The number of ether oxygens (including phenoxy) is 1. The number of carboxylic acid groups (broad SMARTS) is 2. The Hall–Kier alpha value is -2.46. The van der Waals surface area contributed by atoms with Gasteiger partial charge in [0.25, 0.3) is 0 Å². The molecule has 0 fully saturated rings. The maximum atomic E-state index is 12.0. The number of hydrogen-bond donors (Lipinski definition) is 3. The van der Waals surface area contributed by atoms with E-state index in [1.165, 1.54) is 12.1 Å². The van der Waals surface area contributed by atoms with Crippen LogP contribution in [0.2, 0.25) is 0 Å². The molecule has 0 spiro atoms. The maximum absolute atomic E-state index is 12.0. The van der Waals surface area contributed by atoms with E-state index in [-0.39, 0.29) is 10.5 Å². The number of rotatable bonds is 7. The number of carbonyl (C=O) groups is 3. The Bertz CT molecular complexity index is 680. The van der Waals surface area contributed by atoms with Gasteiger partial charge in [-0.15, -0.1) is 0 Å². The van der Waals surface area contributed by atoms with Gasteiger partial charge in [0.2, 0.25) is 10.0 Å². The van der Waals surface area contributed by atoms with Crippen LogP contribution in [0.3, 0.4) is 0 Å². The van der Waals surface area contributed by atoms with Gasteiger partial charge in [-0.3, -0.25) is 9.59 Å². The quantitative estimate of drug-likeness (QED) is 0.576. The van der Waals surface area contributed by atoms with Crippen molar-refractivity contribution in [2.45, 2.75) is 17.4 Å². The minimum Gasteiger partial charge on any atom is -0.481 e. The lowest BCUT2D eigenvalue weighted by molar-refractivity contribution is -0.145. The number of hydrogen-bond acceptors (Lipinski definition) is 6. The van der Waals surface area contributed by atoms with Crippen molar-refractivity contribution in [3.05, 3.63) is 29.8 Å². The number of carboxylic acids is 2. The fourth-order valence-electron chi connectivity index (χ4n) is 1.50. The number of benzene rings is 1. The molecular formula is C12H13NO8S. The molecule has 0 unspecified atom stereocenters. The highest BCUT2D eigenvalue weighted by Gasteiger charge is 2.27. The van der Waals surface area contributed by atoms with E-state index in [2.05, 4.69) is 4.74 Å². The maximum Gasteiger partial charge on any atom is 0.337 e. The third kappa shape index (κ3) is 4.53. The molecule has 0 aliphatic rings. The minimum atomic E-state index is -4.25. The van der Waals surface area contributed by atoms with E-state index in [0.29, 0.717) is 0 Å². The van der Waals surface area contributed by atoms with Gasteiger partial charge in [0.15, 0.2) is 0 Å². The summed E-state index contributed by atoms with van der Waals surface area (Å²) >= 11 is 0. The monoisotopic (exact) mass is 331 g/mol. The first-order valence-electron chi connectivity index (χ1n) is 5.82. The fourth-order valence-corrected chi connectivity index (χ4v) is 2.69. The molecule has 0 aromatic heterocycles. The number of sulfonamides is 1. The summed E-state index contributed by atoms with van der Waals surface area (Å²) in [4.78, 5) is 32.3. The molecule has 0 bridgehead atoms. The summed E-state index contributed by atoms with van der Waals surface area (Å²) in [6, 6.07) is 2.73. The highest BCUT2D eigenvalue weighted by Crippen LogP contribution is 2.12. The van der Waals surface area contributed by atoms with Crippen LogP contribution < -0.4 is 4.72 Å². The standard InChI is InChI=1S/C12H13NO8S/c1-21-12(18)7-2-4-8(5-3-7)22(19,20)13-9(11(16)17)6-10(14)15/h2-5,9,13H,6H2,1H3,(H,14,15)(H,16,17)/t9-/m0/s1. The molecule has 9 nitrogen and oxygen atoms in total. The molecular weight excluding hydrogens is 318 g/mol. The molecule has 0 aliphatic carbocycles. The number of carbonyl (C=O) groups excluding carboxylic acids is 1. The van der Waals surface area contributed by atoms with Crippen molar-refractivity contribution in [3.63, 3.8) is 0 Å². The molecule has 1 aromatic carbocycles. The average molecular weight is 331 g/mol. The average Bonchev–Trinajstić information content (AvgIpc) is 2.45. The van der Waals surface area contributed by atoms with Crippen LogP contribution >= 0.6 is 0 Å². The van der Waals surface area contributed by atoms with Gasteiger partial charge in [-0.2, -0.15) is 4.72 Å². The SMILES string of the molecule is COC(=O)c1ccc(S(=O)(=O)N[C@@H](CC(=O)O)C(=O)O)cc1. The van der Waals surface area contributed by atoms with E-state index in [1.54, 1.807) is 4.72 Å². The van der Waals surface area contributed by atoms with Crippen molar-refractivity contribution in [3.8, 4) is 0 Å². The van der Waals surface area contributed by atoms with Crippen molar-refractivity contribution in [1.82, 2.24) is 4.72 Å². The van der Waals surface area contributed by atoms with Gasteiger partial charge in [-0.1, -0.05) is 0 Å². The van der Waals surface area contributed by atoms with Gasteiger partial charge in [-0.05, 0) is 24.3 Å². The summed E-state index contributed by atoms with van der Waals surface area (Å²) in [6.07, 6.45) is -0.908. The molecule has 1 rings (SSSR count). The Labute approximate surface area is 125 Å². The molecule has 0 saturated heterocycles. The Morgan fingerprint density at radius 2 is 1.73 bits per heavy atom. The summed E-state index contributed by atoms with van der Waals surface area (Å²) in [5.74, 6) is -3.74. The van der Waals surface area contributed by atoms with E-state index in [9.17, 15) is 22.8 Å². The molecule has 1 aromatic rings. The van der Waals surface area contributed by atoms with Gasteiger partial charge < -0.3 is 14.9 Å². The number of esters is 1. The lowest BCUT2D eigenvalue weighted by Crippen LogP contribution is -2.42. The van der Waals surface area contributed by atoms with Gasteiger partial charge in [0.05, 0.1) is 24.0 Å². The van der Waals surface area contributed by atoms with Crippen molar-refractivity contribution in [2.24, 2.45) is 0 Å². The smallest absolute Gasteiger partial charge is 0.337 e. The second-order valence-corrected chi connectivity index (χ2v) is 5.84. The zero-order valence-corrected chi connectivity index (χ0v) is 12.2. The van der Waals surface area contributed by atoms with Crippen LogP contribution in [0.4, 0.5) is 0 Å². The molecule has 0 heterocycles. The summed E-state index contributed by atoms with van der Waals surface area (Å²) in [5, 5.41) is 17.4. The molecule has 3 N–H and O–H groups in total. The number of aliphatic carboxylic acids is 2. The van der Waals surface area contributed by atoms with Crippen LogP contribution in [-0.2, 0) is 24.3 Å². The molecule has 0 amide bonds. The van der Waals surface area contributed by atoms with Gasteiger partial charge >= 0.3 is 17.9 Å². The third-order valence-electron chi connectivity index (χ3n) is 2.56. The molecule has 0 aliphatic heterocycles. The first-order chi connectivity index (χ1) is 10.2. The molecule has 0 radical (unpaired) electrons. The van der Waals surface area contributed by atoms with Gasteiger partial charge in [-0.25, -0.2) is 13.2 Å². The zero-order valence-electron chi connectivity index (χ0n) is 11.3. The normalized spacial score (nSPS) is 12.4. The summed E-state index contributed by atoms with van der Waals surface area (Å²) in [5.41, 5.74) is 0.113. The fraction of sp³-hybridized carbons (Fsp3) is 0.250. The van der Waals surface area contributed by atoms with Crippen molar-refractivity contribution in [2.75, 3.05) is 7.11 Å². The second-order valence-electron chi connectivity index (χ2n) is 4.13. The summed E-state index contributed by atoms with van der Waals surface area (Å²) in [7, 11) is -3.08.